The number of methoxy groups -OCH3 is 2. The number of amides is 2. The third-order valence-electron chi connectivity index (χ3n) is 4.93. The molecular formula is C22H32N2O4. The Balaban J connectivity index is 2.57. The number of benzene rings is 1. The van der Waals surface area contributed by atoms with Gasteiger partial charge in [0.25, 0.3) is 11.8 Å². The second-order valence-corrected chi connectivity index (χ2v) is 7.61. The quantitative estimate of drug-likeness (QED) is 0.577. The summed E-state index contributed by atoms with van der Waals surface area (Å²) < 4.78 is 10.5. The van der Waals surface area contributed by atoms with E-state index in [0.717, 1.165) is 16.7 Å². The molecule has 1 heterocycles. The normalized spacial score (nSPS) is 14.6. The molecule has 1 aromatic carbocycles. The standard InChI is InChI=1S/C22H32N2O4/c1-15(2)14-24-21(25)19(18-8-7-16(3)17(4)13-18)20(22(24)26)23(9-11-27-5)10-12-28-6/h7-8,13,15H,9-12,14H2,1-6H3. The highest BCUT2D eigenvalue weighted by Gasteiger charge is 2.41. The molecule has 0 aliphatic carbocycles. The molecule has 0 aromatic heterocycles. The number of carbonyl (C=O) groups is 2. The van der Waals surface area contributed by atoms with Gasteiger partial charge in [0.2, 0.25) is 0 Å². The van der Waals surface area contributed by atoms with E-state index in [9.17, 15) is 9.59 Å². The van der Waals surface area contributed by atoms with Crippen LogP contribution < -0.4 is 0 Å². The van der Waals surface area contributed by atoms with Crippen molar-refractivity contribution < 1.29 is 19.1 Å². The first-order valence-corrected chi connectivity index (χ1v) is 9.72. The molecule has 2 rings (SSSR count). The first-order valence-electron chi connectivity index (χ1n) is 9.72. The zero-order valence-corrected chi connectivity index (χ0v) is 17.9. The van der Waals surface area contributed by atoms with Crippen LogP contribution in [-0.4, -0.2) is 68.7 Å². The predicted octanol–water partition coefficient (Wildman–Crippen LogP) is 2.63. The van der Waals surface area contributed by atoms with Gasteiger partial charge >= 0.3 is 0 Å². The van der Waals surface area contributed by atoms with E-state index in [0.29, 0.717) is 44.1 Å². The molecule has 0 bridgehead atoms. The Bertz CT molecular complexity index is 747. The average molecular weight is 389 g/mol. The molecule has 0 unspecified atom stereocenters. The zero-order valence-electron chi connectivity index (χ0n) is 17.9. The summed E-state index contributed by atoms with van der Waals surface area (Å²) in [5, 5.41) is 0. The van der Waals surface area contributed by atoms with E-state index in [1.807, 2.05) is 50.8 Å². The number of hydrogen-bond donors (Lipinski definition) is 0. The molecule has 0 radical (unpaired) electrons. The average Bonchev–Trinajstić information content (AvgIpc) is 2.88. The number of nitrogens with zero attached hydrogens (tertiary/aromatic N) is 2. The molecule has 0 saturated carbocycles. The van der Waals surface area contributed by atoms with Gasteiger partial charge in [-0.15, -0.1) is 0 Å². The zero-order chi connectivity index (χ0) is 20.8. The summed E-state index contributed by atoms with van der Waals surface area (Å²) >= 11 is 0. The SMILES string of the molecule is COCCN(CCOC)C1=C(c2ccc(C)c(C)c2)C(=O)N(CC(C)C)C1=O. The Morgan fingerprint density at radius 2 is 1.57 bits per heavy atom. The molecule has 0 saturated heterocycles. The summed E-state index contributed by atoms with van der Waals surface area (Å²) in [6.45, 7) is 10.4. The van der Waals surface area contributed by atoms with E-state index < -0.39 is 0 Å². The Morgan fingerprint density at radius 1 is 0.964 bits per heavy atom. The smallest absolute Gasteiger partial charge is 0.277 e. The van der Waals surface area contributed by atoms with Gasteiger partial charge in [0.15, 0.2) is 0 Å². The Kier molecular flexibility index (Phi) is 7.78. The lowest BCUT2D eigenvalue weighted by molar-refractivity contribution is -0.138. The van der Waals surface area contributed by atoms with E-state index in [-0.39, 0.29) is 17.7 Å². The van der Waals surface area contributed by atoms with Crippen molar-refractivity contribution in [3.05, 3.63) is 40.6 Å². The van der Waals surface area contributed by atoms with Crippen LogP contribution in [0.4, 0.5) is 0 Å². The monoisotopic (exact) mass is 388 g/mol. The minimum atomic E-state index is -0.237. The highest BCUT2D eigenvalue weighted by atomic mass is 16.5. The van der Waals surface area contributed by atoms with Gasteiger partial charge in [-0.1, -0.05) is 32.0 Å². The molecule has 6 nitrogen and oxygen atoms in total. The van der Waals surface area contributed by atoms with Crippen LogP contribution in [0.1, 0.15) is 30.5 Å². The molecule has 0 fully saturated rings. The van der Waals surface area contributed by atoms with E-state index in [1.165, 1.54) is 4.90 Å². The summed E-state index contributed by atoms with van der Waals surface area (Å²) in [6.07, 6.45) is 0. The molecule has 0 atom stereocenters. The lowest BCUT2D eigenvalue weighted by Gasteiger charge is -2.26. The van der Waals surface area contributed by atoms with Crippen LogP contribution in [0.25, 0.3) is 5.57 Å². The second-order valence-electron chi connectivity index (χ2n) is 7.61. The van der Waals surface area contributed by atoms with Crippen LogP contribution in [0.5, 0.6) is 0 Å². The number of hydrogen-bond acceptors (Lipinski definition) is 5. The number of rotatable bonds is 10. The van der Waals surface area contributed by atoms with Gasteiger partial charge in [-0.25, -0.2) is 0 Å². The fourth-order valence-electron chi connectivity index (χ4n) is 3.28. The summed E-state index contributed by atoms with van der Waals surface area (Å²) in [6, 6.07) is 5.90. The van der Waals surface area contributed by atoms with Crippen molar-refractivity contribution in [2.75, 3.05) is 47.1 Å². The van der Waals surface area contributed by atoms with Gasteiger partial charge in [0, 0.05) is 33.9 Å². The molecule has 0 spiro atoms. The maximum atomic E-state index is 13.3. The molecule has 154 valence electrons. The largest absolute Gasteiger partial charge is 0.383 e. The number of ether oxygens (including phenoxy) is 2. The second kappa shape index (κ2) is 9.85. The summed E-state index contributed by atoms with van der Waals surface area (Å²) in [7, 11) is 3.25. The highest BCUT2D eigenvalue weighted by molar-refractivity contribution is 6.35. The van der Waals surface area contributed by atoms with Crippen molar-refractivity contribution in [3.8, 4) is 0 Å². The fourth-order valence-corrected chi connectivity index (χ4v) is 3.28. The van der Waals surface area contributed by atoms with Crippen molar-refractivity contribution in [2.45, 2.75) is 27.7 Å². The fraction of sp³-hybridized carbons (Fsp3) is 0.545. The minimum Gasteiger partial charge on any atom is -0.383 e. The minimum absolute atomic E-state index is 0.194. The van der Waals surface area contributed by atoms with Crippen molar-refractivity contribution in [2.24, 2.45) is 5.92 Å². The van der Waals surface area contributed by atoms with Gasteiger partial charge in [-0.05, 0) is 36.5 Å². The van der Waals surface area contributed by atoms with Crippen LogP contribution in [0.2, 0.25) is 0 Å². The van der Waals surface area contributed by atoms with E-state index in [4.69, 9.17) is 9.47 Å². The number of aryl methyl sites for hydroxylation is 2. The lowest BCUT2D eigenvalue weighted by Crippen LogP contribution is -2.39. The lowest BCUT2D eigenvalue weighted by atomic mass is 9.99. The third kappa shape index (κ3) is 4.80. The summed E-state index contributed by atoms with van der Waals surface area (Å²) in [5.41, 5.74) is 3.94. The molecule has 1 aliphatic rings. The highest BCUT2D eigenvalue weighted by Crippen LogP contribution is 2.33. The van der Waals surface area contributed by atoms with Gasteiger partial charge < -0.3 is 14.4 Å². The number of carbonyl (C=O) groups excluding carboxylic acids is 2. The Labute approximate surface area is 168 Å². The molecular weight excluding hydrogens is 356 g/mol. The van der Waals surface area contributed by atoms with E-state index in [1.54, 1.807) is 14.2 Å². The third-order valence-corrected chi connectivity index (χ3v) is 4.93. The van der Waals surface area contributed by atoms with E-state index in [2.05, 4.69) is 0 Å². The van der Waals surface area contributed by atoms with Crippen LogP contribution in [0, 0.1) is 19.8 Å². The van der Waals surface area contributed by atoms with Gasteiger partial charge in [0.1, 0.15) is 5.70 Å². The first kappa shape index (κ1) is 22.1. The molecule has 28 heavy (non-hydrogen) atoms. The van der Waals surface area contributed by atoms with Gasteiger partial charge in [-0.2, -0.15) is 0 Å². The van der Waals surface area contributed by atoms with E-state index >= 15 is 0 Å². The molecule has 1 aromatic rings. The molecule has 1 aliphatic heterocycles. The van der Waals surface area contributed by atoms with Gasteiger partial charge in [0.05, 0.1) is 18.8 Å². The summed E-state index contributed by atoms with van der Waals surface area (Å²) in [5.74, 6) is -0.268. The maximum Gasteiger partial charge on any atom is 0.277 e. The molecule has 2 amide bonds. The number of imide groups is 1. The van der Waals surface area contributed by atoms with Crippen LogP contribution in [0.3, 0.4) is 0 Å². The molecule has 6 heteroatoms. The topological polar surface area (TPSA) is 59.1 Å². The first-order chi connectivity index (χ1) is 13.3. The summed E-state index contributed by atoms with van der Waals surface area (Å²) in [4.78, 5) is 29.8. The van der Waals surface area contributed by atoms with Crippen LogP contribution in [0.15, 0.2) is 23.9 Å². The van der Waals surface area contributed by atoms with Crippen molar-refractivity contribution in [1.82, 2.24) is 9.80 Å². The Hall–Kier alpha value is -2.18. The van der Waals surface area contributed by atoms with Crippen molar-refractivity contribution >= 4 is 17.4 Å². The van der Waals surface area contributed by atoms with Crippen LogP contribution in [-0.2, 0) is 19.1 Å². The van der Waals surface area contributed by atoms with Crippen molar-refractivity contribution in [3.63, 3.8) is 0 Å². The maximum absolute atomic E-state index is 13.3. The van der Waals surface area contributed by atoms with Crippen molar-refractivity contribution in [1.29, 1.82) is 0 Å². The predicted molar refractivity (Wildman–Crippen MR) is 110 cm³/mol. The van der Waals surface area contributed by atoms with Crippen LogP contribution >= 0.6 is 0 Å². The molecule has 0 N–H and O–H groups in total. The Morgan fingerprint density at radius 3 is 2.07 bits per heavy atom. The van der Waals surface area contributed by atoms with Gasteiger partial charge in [-0.3, -0.25) is 14.5 Å².